The van der Waals surface area contributed by atoms with Gasteiger partial charge in [0.25, 0.3) is 0 Å². The van der Waals surface area contributed by atoms with Crippen LogP contribution in [0.25, 0.3) is 0 Å². The average molecular weight is 603 g/mol. The Kier molecular flexibility index (Phi) is 29.2. The van der Waals surface area contributed by atoms with E-state index in [1.165, 1.54) is 152 Å². The molecule has 0 radical (unpaired) electrons. The maximum absolute atomic E-state index is 11.8. The molecule has 0 fully saturated rings. The van der Waals surface area contributed by atoms with Gasteiger partial charge in [-0.2, -0.15) is 0 Å². The molecule has 0 aliphatic rings. The SMILES string of the molecule is CCCCC/C=C\C/C=C\CCCCCCCCc1cccc(C=O)c1CCCCCCCC/C=C\C/C=C\CCCCC. The summed E-state index contributed by atoms with van der Waals surface area (Å²) in [5.74, 6) is 0. The normalized spacial score (nSPS) is 12.1. The summed E-state index contributed by atoms with van der Waals surface area (Å²) in [6.07, 6.45) is 52.7. The van der Waals surface area contributed by atoms with Crippen molar-refractivity contribution in [2.45, 2.75) is 181 Å². The number of allylic oxidation sites excluding steroid dienone is 8. The van der Waals surface area contributed by atoms with E-state index in [9.17, 15) is 4.79 Å². The molecule has 0 spiro atoms. The highest BCUT2D eigenvalue weighted by Crippen LogP contribution is 2.21. The monoisotopic (exact) mass is 603 g/mol. The van der Waals surface area contributed by atoms with Gasteiger partial charge in [0, 0.05) is 5.56 Å². The Morgan fingerprint density at radius 1 is 0.455 bits per heavy atom. The van der Waals surface area contributed by atoms with Crippen LogP contribution < -0.4 is 0 Å². The van der Waals surface area contributed by atoms with Crippen molar-refractivity contribution in [2.24, 2.45) is 0 Å². The predicted molar refractivity (Wildman–Crippen MR) is 198 cm³/mol. The van der Waals surface area contributed by atoms with Gasteiger partial charge in [-0.25, -0.2) is 0 Å². The number of benzene rings is 1. The molecule has 0 atom stereocenters. The van der Waals surface area contributed by atoms with Gasteiger partial charge in [0.05, 0.1) is 0 Å². The Hall–Kier alpha value is -2.15. The van der Waals surface area contributed by atoms with Crippen molar-refractivity contribution in [3.05, 3.63) is 83.5 Å². The zero-order valence-corrected chi connectivity index (χ0v) is 29.2. The van der Waals surface area contributed by atoms with E-state index in [4.69, 9.17) is 0 Å². The van der Waals surface area contributed by atoms with Crippen LogP contribution in [0, 0.1) is 0 Å². The third-order valence-electron chi connectivity index (χ3n) is 8.71. The number of hydrogen-bond acceptors (Lipinski definition) is 1. The second kappa shape index (κ2) is 32.2. The Balaban J connectivity index is 2.10. The minimum atomic E-state index is 0.921. The summed E-state index contributed by atoms with van der Waals surface area (Å²) >= 11 is 0. The molecule has 0 aliphatic carbocycles. The zero-order chi connectivity index (χ0) is 31.6. The molecule has 1 nitrogen and oxygen atoms in total. The van der Waals surface area contributed by atoms with Crippen molar-refractivity contribution in [1.29, 1.82) is 0 Å². The molecule has 1 heteroatoms. The van der Waals surface area contributed by atoms with Gasteiger partial charge in [-0.05, 0) is 101 Å². The summed E-state index contributed by atoms with van der Waals surface area (Å²) in [6, 6.07) is 6.36. The zero-order valence-electron chi connectivity index (χ0n) is 29.2. The van der Waals surface area contributed by atoms with Gasteiger partial charge >= 0.3 is 0 Å². The first-order valence-electron chi connectivity index (χ1n) is 19.0. The molecule has 0 heterocycles. The molecule has 0 amide bonds. The lowest BCUT2D eigenvalue weighted by Gasteiger charge is -2.12. The fourth-order valence-corrected chi connectivity index (χ4v) is 5.90. The van der Waals surface area contributed by atoms with E-state index in [1.54, 1.807) is 0 Å². The summed E-state index contributed by atoms with van der Waals surface area (Å²) in [6.45, 7) is 4.52. The van der Waals surface area contributed by atoms with Crippen molar-refractivity contribution in [2.75, 3.05) is 0 Å². The van der Waals surface area contributed by atoms with Gasteiger partial charge < -0.3 is 0 Å². The molecule has 0 bridgehead atoms. The first-order valence-corrected chi connectivity index (χ1v) is 19.0. The molecule has 0 unspecified atom stereocenters. The van der Waals surface area contributed by atoms with Crippen molar-refractivity contribution in [3.63, 3.8) is 0 Å². The maximum atomic E-state index is 11.8. The minimum absolute atomic E-state index is 0.921. The lowest BCUT2D eigenvalue weighted by atomic mass is 9.93. The highest BCUT2D eigenvalue weighted by Gasteiger charge is 2.08. The van der Waals surface area contributed by atoms with Crippen molar-refractivity contribution >= 4 is 6.29 Å². The Morgan fingerprint density at radius 2 is 0.864 bits per heavy atom. The van der Waals surface area contributed by atoms with Gasteiger partial charge in [-0.3, -0.25) is 4.79 Å². The van der Waals surface area contributed by atoms with E-state index in [0.29, 0.717) is 0 Å². The molecule has 1 rings (SSSR count). The lowest BCUT2D eigenvalue weighted by molar-refractivity contribution is 0.112. The predicted octanol–water partition coefficient (Wildman–Crippen LogP) is 14.2. The fraction of sp³-hybridized carbons (Fsp3) is 0.651. The van der Waals surface area contributed by atoms with Crippen LogP contribution in [0.3, 0.4) is 0 Å². The van der Waals surface area contributed by atoms with Gasteiger partial charge in [-0.15, -0.1) is 0 Å². The third kappa shape index (κ3) is 24.2. The topological polar surface area (TPSA) is 17.1 Å². The van der Waals surface area contributed by atoms with Crippen molar-refractivity contribution < 1.29 is 4.79 Å². The molecule has 0 N–H and O–H groups in total. The summed E-state index contributed by atoms with van der Waals surface area (Å²) in [5.41, 5.74) is 3.67. The van der Waals surface area contributed by atoms with Gasteiger partial charge in [0.1, 0.15) is 6.29 Å². The van der Waals surface area contributed by atoms with E-state index in [0.717, 1.165) is 37.5 Å². The molecule has 0 saturated heterocycles. The summed E-state index contributed by atoms with van der Waals surface area (Å²) in [4.78, 5) is 11.8. The molecular formula is C43H70O. The van der Waals surface area contributed by atoms with Gasteiger partial charge in [0.2, 0.25) is 0 Å². The molecule has 1 aromatic carbocycles. The van der Waals surface area contributed by atoms with E-state index < -0.39 is 0 Å². The first kappa shape index (κ1) is 39.9. The number of carbonyl (C=O) groups excluding carboxylic acids is 1. The Morgan fingerprint density at radius 3 is 1.32 bits per heavy atom. The molecule has 0 aliphatic heterocycles. The third-order valence-corrected chi connectivity index (χ3v) is 8.71. The van der Waals surface area contributed by atoms with Crippen molar-refractivity contribution in [3.8, 4) is 0 Å². The van der Waals surface area contributed by atoms with Crippen LogP contribution in [0.1, 0.15) is 189 Å². The highest BCUT2D eigenvalue weighted by molar-refractivity contribution is 5.78. The highest BCUT2D eigenvalue weighted by atomic mass is 16.1. The Bertz CT molecular complexity index is 886. The maximum Gasteiger partial charge on any atom is 0.150 e. The average Bonchev–Trinajstić information content (AvgIpc) is 3.04. The number of aldehydes is 1. The van der Waals surface area contributed by atoms with E-state index in [2.05, 4.69) is 74.6 Å². The fourth-order valence-electron chi connectivity index (χ4n) is 5.90. The second-order valence-corrected chi connectivity index (χ2v) is 12.8. The summed E-state index contributed by atoms with van der Waals surface area (Å²) < 4.78 is 0. The molecule has 0 saturated carbocycles. The van der Waals surface area contributed by atoms with Crippen LogP contribution in [0.4, 0.5) is 0 Å². The Labute approximate surface area is 274 Å². The number of rotatable bonds is 31. The van der Waals surface area contributed by atoms with Gasteiger partial charge in [0.15, 0.2) is 0 Å². The largest absolute Gasteiger partial charge is 0.298 e. The van der Waals surface area contributed by atoms with Crippen LogP contribution >= 0.6 is 0 Å². The first-order chi connectivity index (χ1) is 21.8. The standard InChI is InChI=1S/C43H70O/c1-3-5-7-9-11-13-15-17-19-21-23-25-27-29-31-33-36-41-37-35-38-42(40-44)43(41)39-34-32-30-28-26-24-22-20-18-16-14-12-10-8-6-4-2/h11-14,17-20,35,37-38,40H,3-10,15-16,21-34,36,39H2,1-2H3/b13-11-,14-12-,19-17-,20-18-. The van der Waals surface area contributed by atoms with Crippen LogP contribution in [0.2, 0.25) is 0 Å². The quantitative estimate of drug-likeness (QED) is 0.0469. The van der Waals surface area contributed by atoms with E-state index in [-0.39, 0.29) is 0 Å². The van der Waals surface area contributed by atoms with Crippen LogP contribution in [0.15, 0.2) is 66.8 Å². The second-order valence-electron chi connectivity index (χ2n) is 12.8. The molecular weight excluding hydrogens is 532 g/mol. The minimum Gasteiger partial charge on any atom is -0.298 e. The molecule has 1 aromatic rings. The van der Waals surface area contributed by atoms with Crippen LogP contribution in [-0.2, 0) is 12.8 Å². The van der Waals surface area contributed by atoms with E-state index >= 15 is 0 Å². The van der Waals surface area contributed by atoms with Crippen LogP contribution in [0.5, 0.6) is 0 Å². The van der Waals surface area contributed by atoms with E-state index in [1.807, 2.05) is 6.07 Å². The van der Waals surface area contributed by atoms with Gasteiger partial charge in [-0.1, -0.05) is 158 Å². The lowest BCUT2D eigenvalue weighted by Crippen LogP contribution is -2.01. The molecule has 44 heavy (non-hydrogen) atoms. The molecule has 248 valence electrons. The summed E-state index contributed by atoms with van der Waals surface area (Å²) in [5, 5.41) is 0. The molecule has 0 aromatic heterocycles. The number of unbranched alkanes of at least 4 members (excludes halogenated alkanes) is 18. The van der Waals surface area contributed by atoms with Crippen LogP contribution in [-0.4, -0.2) is 6.29 Å². The number of aryl methyl sites for hydroxylation is 1. The number of hydrogen-bond donors (Lipinski definition) is 0. The summed E-state index contributed by atoms with van der Waals surface area (Å²) in [7, 11) is 0. The number of carbonyl (C=O) groups is 1. The van der Waals surface area contributed by atoms with Crippen molar-refractivity contribution in [1.82, 2.24) is 0 Å². The smallest absolute Gasteiger partial charge is 0.150 e.